The monoisotopic (exact) mass is 344 g/mol. The number of nitrogens with one attached hydrogen (secondary N) is 1. The molecular formula is C19H24N2O4. The molecule has 1 saturated heterocycles. The fourth-order valence-corrected chi connectivity index (χ4v) is 3.51. The van der Waals surface area contributed by atoms with Crippen molar-refractivity contribution in [2.24, 2.45) is 0 Å². The van der Waals surface area contributed by atoms with E-state index in [1.165, 1.54) is 0 Å². The molecule has 3 rings (SSSR count). The van der Waals surface area contributed by atoms with Gasteiger partial charge in [0.25, 0.3) is 0 Å². The molecule has 2 aliphatic rings. The Labute approximate surface area is 147 Å². The van der Waals surface area contributed by atoms with E-state index >= 15 is 0 Å². The number of para-hydroxylation sites is 1. The van der Waals surface area contributed by atoms with Crippen LogP contribution in [0.1, 0.15) is 49.9 Å². The van der Waals surface area contributed by atoms with Crippen LogP contribution < -0.4 is 10.1 Å². The third kappa shape index (κ3) is 3.83. The molecule has 2 aliphatic heterocycles. The van der Waals surface area contributed by atoms with E-state index in [2.05, 4.69) is 5.32 Å². The molecule has 6 heteroatoms. The maximum absolute atomic E-state index is 12.5. The lowest BCUT2D eigenvalue weighted by molar-refractivity contribution is -0.135. The van der Waals surface area contributed by atoms with Crippen LogP contribution >= 0.6 is 0 Å². The van der Waals surface area contributed by atoms with Gasteiger partial charge in [-0.15, -0.1) is 0 Å². The Morgan fingerprint density at radius 3 is 2.80 bits per heavy atom. The fourth-order valence-electron chi connectivity index (χ4n) is 3.51. The van der Waals surface area contributed by atoms with E-state index in [4.69, 9.17) is 4.74 Å². The average molecular weight is 344 g/mol. The van der Waals surface area contributed by atoms with Gasteiger partial charge in [0.15, 0.2) is 5.78 Å². The standard InChI is InChI=1S/C19H24N2O4/c1-13(2)20-17(23)12-21-10-9-19(8-7-18(21)24)11-15(22)14-5-3-4-6-16(14)25-19/h3-6,13H,7-12H2,1-2H3,(H,20,23)/t19-/m0/s1. The molecule has 6 nitrogen and oxygen atoms in total. The Kier molecular flexibility index (Phi) is 4.79. The van der Waals surface area contributed by atoms with Gasteiger partial charge in [0.05, 0.1) is 18.5 Å². The molecule has 2 heterocycles. The van der Waals surface area contributed by atoms with Crippen LogP contribution in [0.2, 0.25) is 0 Å². The fraction of sp³-hybridized carbons (Fsp3) is 0.526. The Morgan fingerprint density at radius 2 is 2.04 bits per heavy atom. The first-order chi connectivity index (χ1) is 11.9. The lowest BCUT2D eigenvalue weighted by Gasteiger charge is -2.37. The predicted octanol–water partition coefficient (Wildman–Crippen LogP) is 1.93. The zero-order valence-corrected chi connectivity index (χ0v) is 14.7. The third-order valence-electron chi connectivity index (χ3n) is 4.77. The first-order valence-corrected chi connectivity index (χ1v) is 8.77. The van der Waals surface area contributed by atoms with Crippen molar-refractivity contribution in [3.63, 3.8) is 0 Å². The van der Waals surface area contributed by atoms with Crippen molar-refractivity contribution in [1.82, 2.24) is 10.2 Å². The molecule has 1 fully saturated rings. The Bertz CT molecular complexity index is 700. The summed E-state index contributed by atoms with van der Waals surface area (Å²) in [5.41, 5.74) is -0.0402. The van der Waals surface area contributed by atoms with Gasteiger partial charge >= 0.3 is 0 Å². The Balaban J connectivity index is 1.72. The maximum Gasteiger partial charge on any atom is 0.239 e. The number of nitrogens with zero attached hydrogens (tertiary/aromatic N) is 1. The van der Waals surface area contributed by atoms with Gasteiger partial charge in [0.1, 0.15) is 11.4 Å². The summed E-state index contributed by atoms with van der Waals surface area (Å²) in [5.74, 6) is 0.425. The Morgan fingerprint density at radius 1 is 1.28 bits per heavy atom. The molecule has 0 bridgehead atoms. The van der Waals surface area contributed by atoms with Crippen LogP contribution in [0.5, 0.6) is 5.75 Å². The number of ether oxygens (including phenoxy) is 1. The minimum Gasteiger partial charge on any atom is -0.486 e. The summed E-state index contributed by atoms with van der Waals surface area (Å²) in [6.07, 6.45) is 1.61. The lowest BCUT2D eigenvalue weighted by atomic mass is 9.84. The topological polar surface area (TPSA) is 75.7 Å². The minimum absolute atomic E-state index is 0.0386. The average Bonchev–Trinajstić information content (AvgIpc) is 2.68. The highest BCUT2D eigenvalue weighted by Gasteiger charge is 2.43. The van der Waals surface area contributed by atoms with Crippen molar-refractivity contribution >= 4 is 17.6 Å². The normalized spacial score (nSPS) is 23.2. The second-order valence-corrected chi connectivity index (χ2v) is 7.17. The SMILES string of the molecule is CC(C)NC(=O)CN1CC[C@@]2(CCC1=O)CC(=O)c1ccccc1O2. The van der Waals surface area contributed by atoms with E-state index < -0.39 is 5.60 Å². The number of carbonyl (C=O) groups excluding carboxylic acids is 3. The Hall–Kier alpha value is -2.37. The van der Waals surface area contributed by atoms with Crippen LogP contribution in [0.25, 0.3) is 0 Å². The van der Waals surface area contributed by atoms with Crippen LogP contribution in [-0.4, -0.2) is 47.2 Å². The molecule has 0 aromatic heterocycles. The second kappa shape index (κ2) is 6.86. The third-order valence-corrected chi connectivity index (χ3v) is 4.77. The molecular weight excluding hydrogens is 320 g/mol. The van der Waals surface area contributed by atoms with Crippen LogP contribution in [0.15, 0.2) is 24.3 Å². The highest BCUT2D eigenvalue weighted by atomic mass is 16.5. The number of hydrogen-bond acceptors (Lipinski definition) is 4. The smallest absolute Gasteiger partial charge is 0.239 e. The van der Waals surface area contributed by atoms with Crippen LogP contribution in [0.4, 0.5) is 0 Å². The zero-order chi connectivity index (χ0) is 18.0. The van der Waals surface area contributed by atoms with E-state index in [0.717, 1.165) is 0 Å². The van der Waals surface area contributed by atoms with Crippen molar-refractivity contribution in [3.8, 4) is 5.75 Å². The molecule has 0 aliphatic carbocycles. The number of ketones is 1. The molecule has 1 spiro atoms. The summed E-state index contributed by atoms with van der Waals surface area (Å²) in [7, 11) is 0. The summed E-state index contributed by atoms with van der Waals surface area (Å²) in [6.45, 7) is 4.24. The number of benzene rings is 1. The lowest BCUT2D eigenvalue weighted by Crippen LogP contribution is -2.44. The van der Waals surface area contributed by atoms with E-state index in [9.17, 15) is 14.4 Å². The van der Waals surface area contributed by atoms with Gasteiger partial charge in [-0.25, -0.2) is 0 Å². The summed E-state index contributed by atoms with van der Waals surface area (Å²) in [5, 5.41) is 2.80. The molecule has 1 aromatic rings. The summed E-state index contributed by atoms with van der Waals surface area (Å²) < 4.78 is 6.18. The zero-order valence-electron chi connectivity index (χ0n) is 14.7. The number of likely N-dealkylation sites (tertiary alicyclic amines) is 1. The number of carbonyl (C=O) groups is 3. The van der Waals surface area contributed by atoms with Crippen LogP contribution in [-0.2, 0) is 9.59 Å². The van der Waals surface area contributed by atoms with Gasteiger partial charge in [0.2, 0.25) is 11.8 Å². The van der Waals surface area contributed by atoms with Gasteiger partial charge in [-0.1, -0.05) is 12.1 Å². The summed E-state index contributed by atoms with van der Waals surface area (Å²) in [4.78, 5) is 38.4. The number of rotatable bonds is 3. The first kappa shape index (κ1) is 17.5. The van der Waals surface area contributed by atoms with E-state index in [1.807, 2.05) is 26.0 Å². The number of hydrogen-bond donors (Lipinski definition) is 1. The van der Waals surface area contributed by atoms with E-state index in [0.29, 0.717) is 30.7 Å². The maximum atomic E-state index is 12.5. The molecule has 0 radical (unpaired) electrons. The molecule has 1 atom stereocenters. The van der Waals surface area contributed by atoms with Crippen molar-refractivity contribution in [1.29, 1.82) is 0 Å². The van der Waals surface area contributed by atoms with Crippen LogP contribution in [0, 0.1) is 0 Å². The summed E-state index contributed by atoms with van der Waals surface area (Å²) in [6, 6.07) is 7.28. The number of Topliss-reactive ketones (excluding diaryl/α,β-unsaturated/α-hetero) is 1. The molecule has 0 unspecified atom stereocenters. The van der Waals surface area contributed by atoms with Crippen molar-refractivity contribution in [2.75, 3.05) is 13.1 Å². The highest BCUT2D eigenvalue weighted by Crippen LogP contribution is 2.39. The van der Waals surface area contributed by atoms with E-state index in [-0.39, 0.29) is 43.0 Å². The van der Waals surface area contributed by atoms with Gasteiger partial charge in [-0.2, -0.15) is 0 Å². The highest BCUT2D eigenvalue weighted by molar-refractivity contribution is 6.00. The van der Waals surface area contributed by atoms with Crippen molar-refractivity contribution in [2.45, 2.75) is 51.2 Å². The van der Waals surface area contributed by atoms with Gasteiger partial charge in [-0.05, 0) is 32.4 Å². The van der Waals surface area contributed by atoms with E-state index in [1.54, 1.807) is 17.0 Å². The quantitative estimate of drug-likeness (QED) is 0.909. The second-order valence-electron chi connectivity index (χ2n) is 7.17. The number of amides is 2. The molecule has 1 N–H and O–H groups in total. The molecule has 1 aromatic carbocycles. The molecule has 2 amide bonds. The molecule has 25 heavy (non-hydrogen) atoms. The van der Waals surface area contributed by atoms with Crippen LogP contribution in [0.3, 0.4) is 0 Å². The molecule has 134 valence electrons. The minimum atomic E-state index is -0.648. The summed E-state index contributed by atoms with van der Waals surface area (Å²) >= 11 is 0. The van der Waals surface area contributed by atoms with Gasteiger partial charge < -0.3 is 15.0 Å². The van der Waals surface area contributed by atoms with Gasteiger partial charge in [0, 0.05) is 25.4 Å². The predicted molar refractivity (Wildman–Crippen MR) is 92.5 cm³/mol. The largest absolute Gasteiger partial charge is 0.486 e. The molecule has 0 saturated carbocycles. The number of fused-ring (bicyclic) bond motifs is 1. The van der Waals surface area contributed by atoms with Crippen molar-refractivity contribution in [3.05, 3.63) is 29.8 Å². The first-order valence-electron chi connectivity index (χ1n) is 8.77. The van der Waals surface area contributed by atoms with Gasteiger partial charge in [-0.3, -0.25) is 14.4 Å². The van der Waals surface area contributed by atoms with Crippen molar-refractivity contribution < 1.29 is 19.1 Å².